The van der Waals surface area contributed by atoms with E-state index in [1.54, 1.807) is 0 Å². The van der Waals surface area contributed by atoms with Crippen molar-refractivity contribution >= 4 is 23.0 Å². The second-order valence-electron chi connectivity index (χ2n) is 7.41. The minimum absolute atomic E-state index is 0.117. The monoisotopic (exact) mass is 417 g/mol. The predicted molar refractivity (Wildman–Crippen MR) is 124 cm³/mol. The smallest absolute Gasteiger partial charge is 0.246 e. The highest BCUT2D eigenvalue weighted by molar-refractivity contribution is 5.96. The maximum atomic E-state index is 12.7. The molecule has 0 spiro atoms. The van der Waals surface area contributed by atoms with E-state index in [2.05, 4.69) is 15.5 Å². The summed E-state index contributed by atoms with van der Waals surface area (Å²) >= 11 is 0. The van der Waals surface area contributed by atoms with Crippen LogP contribution in [0.25, 0.3) is 0 Å². The molecular formula is C25H27N3O3. The standard InChI is InChI=1S/C25H27N3O3/c1-19(26-23-9-5-6-10-24(23)31-22-7-3-2-4-8-22)25(29)27-20-11-13-21(14-12-20)28-15-17-30-18-16-28/h2-14,19,26H,15-18H2,1H3,(H,27,29). The van der Waals surface area contributed by atoms with Gasteiger partial charge in [-0.15, -0.1) is 0 Å². The van der Waals surface area contributed by atoms with Gasteiger partial charge in [0.05, 0.1) is 18.9 Å². The number of nitrogens with zero attached hydrogens (tertiary/aromatic N) is 1. The van der Waals surface area contributed by atoms with Crippen LogP contribution in [-0.2, 0) is 9.53 Å². The van der Waals surface area contributed by atoms with Crippen LogP contribution >= 0.6 is 0 Å². The van der Waals surface area contributed by atoms with Crippen molar-refractivity contribution in [2.75, 3.05) is 41.8 Å². The normalized spacial score (nSPS) is 14.5. The second kappa shape index (κ2) is 10.00. The molecular weight excluding hydrogens is 390 g/mol. The summed E-state index contributed by atoms with van der Waals surface area (Å²) < 4.78 is 11.4. The Morgan fingerprint density at radius 3 is 2.35 bits per heavy atom. The molecule has 1 aliphatic heterocycles. The average Bonchev–Trinajstić information content (AvgIpc) is 2.82. The Labute approximate surface area is 182 Å². The van der Waals surface area contributed by atoms with E-state index in [9.17, 15) is 4.79 Å². The molecule has 3 aromatic carbocycles. The van der Waals surface area contributed by atoms with Gasteiger partial charge in [-0.25, -0.2) is 0 Å². The fourth-order valence-corrected chi connectivity index (χ4v) is 3.42. The molecule has 1 aliphatic rings. The van der Waals surface area contributed by atoms with E-state index in [0.717, 1.165) is 49.1 Å². The zero-order valence-corrected chi connectivity index (χ0v) is 17.6. The summed E-state index contributed by atoms with van der Waals surface area (Å²) in [6.07, 6.45) is 0. The first-order valence-electron chi connectivity index (χ1n) is 10.5. The van der Waals surface area contributed by atoms with Crippen molar-refractivity contribution in [1.82, 2.24) is 0 Å². The van der Waals surface area contributed by atoms with Gasteiger partial charge in [0.2, 0.25) is 5.91 Å². The third-order valence-electron chi connectivity index (χ3n) is 5.13. The maximum Gasteiger partial charge on any atom is 0.246 e. The average molecular weight is 418 g/mol. The number of carbonyl (C=O) groups excluding carboxylic acids is 1. The highest BCUT2D eigenvalue weighted by Gasteiger charge is 2.16. The highest BCUT2D eigenvalue weighted by Crippen LogP contribution is 2.29. The number of nitrogens with one attached hydrogen (secondary N) is 2. The fraction of sp³-hybridized carbons (Fsp3) is 0.240. The number of anilines is 3. The van der Waals surface area contributed by atoms with E-state index in [1.807, 2.05) is 85.8 Å². The van der Waals surface area contributed by atoms with Crippen LogP contribution in [0.4, 0.5) is 17.1 Å². The molecule has 1 amide bonds. The lowest BCUT2D eigenvalue weighted by molar-refractivity contribution is -0.116. The van der Waals surface area contributed by atoms with Crippen molar-refractivity contribution in [2.24, 2.45) is 0 Å². The zero-order chi connectivity index (χ0) is 21.5. The topological polar surface area (TPSA) is 62.8 Å². The van der Waals surface area contributed by atoms with Gasteiger partial charge in [0.25, 0.3) is 0 Å². The number of hydrogen-bond donors (Lipinski definition) is 2. The number of rotatable bonds is 7. The largest absolute Gasteiger partial charge is 0.455 e. The molecule has 0 aromatic heterocycles. The molecule has 1 unspecified atom stereocenters. The van der Waals surface area contributed by atoms with E-state index in [0.29, 0.717) is 5.75 Å². The maximum absolute atomic E-state index is 12.7. The molecule has 4 rings (SSSR count). The van der Waals surface area contributed by atoms with Gasteiger partial charge in [-0.05, 0) is 55.5 Å². The summed E-state index contributed by atoms with van der Waals surface area (Å²) in [6, 6.07) is 24.7. The fourth-order valence-electron chi connectivity index (χ4n) is 3.42. The van der Waals surface area contributed by atoms with Gasteiger partial charge in [0, 0.05) is 24.5 Å². The molecule has 6 heteroatoms. The van der Waals surface area contributed by atoms with Gasteiger partial charge in [-0.2, -0.15) is 0 Å². The van der Waals surface area contributed by atoms with Crippen LogP contribution in [0.2, 0.25) is 0 Å². The van der Waals surface area contributed by atoms with Crippen molar-refractivity contribution < 1.29 is 14.3 Å². The van der Waals surface area contributed by atoms with Crippen molar-refractivity contribution in [3.63, 3.8) is 0 Å². The summed E-state index contributed by atoms with van der Waals surface area (Å²) in [5, 5.41) is 6.23. The molecule has 0 radical (unpaired) electrons. The molecule has 0 bridgehead atoms. The molecule has 1 saturated heterocycles. The van der Waals surface area contributed by atoms with Crippen molar-refractivity contribution in [3.05, 3.63) is 78.9 Å². The Morgan fingerprint density at radius 1 is 0.935 bits per heavy atom. The van der Waals surface area contributed by atoms with Crippen LogP contribution in [0.1, 0.15) is 6.92 Å². The lowest BCUT2D eigenvalue weighted by Crippen LogP contribution is -2.36. The molecule has 3 aromatic rings. The quantitative estimate of drug-likeness (QED) is 0.581. The first kappa shape index (κ1) is 20.8. The number of para-hydroxylation sites is 3. The Morgan fingerprint density at radius 2 is 1.61 bits per heavy atom. The summed E-state index contributed by atoms with van der Waals surface area (Å²) in [7, 11) is 0. The van der Waals surface area contributed by atoms with E-state index in [-0.39, 0.29) is 5.91 Å². The van der Waals surface area contributed by atoms with Gasteiger partial charge in [-0.1, -0.05) is 30.3 Å². The number of carbonyl (C=O) groups is 1. The van der Waals surface area contributed by atoms with Gasteiger partial charge in [0.1, 0.15) is 11.8 Å². The molecule has 1 heterocycles. The van der Waals surface area contributed by atoms with Crippen molar-refractivity contribution in [3.8, 4) is 11.5 Å². The molecule has 0 saturated carbocycles. The second-order valence-corrected chi connectivity index (χ2v) is 7.41. The molecule has 0 aliphatic carbocycles. The lowest BCUT2D eigenvalue weighted by atomic mass is 10.2. The van der Waals surface area contributed by atoms with E-state index < -0.39 is 6.04 Å². The predicted octanol–water partition coefficient (Wildman–Crippen LogP) is 4.75. The van der Waals surface area contributed by atoms with Gasteiger partial charge in [-0.3, -0.25) is 4.79 Å². The van der Waals surface area contributed by atoms with Crippen LogP contribution in [-0.4, -0.2) is 38.3 Å². The van der Waals surface area contributed by atoms with E-state index in [1.165, 1.54) is 0 Å². The minimum Gasteiger partial charge on any atom is -0.455 e. The first-order valence-corrected chi connectivity index (χ1v) is 10.5. The SMILES string of the molecule is CC(Nc1ccccc1Oc1ccccc1)C(=O)Nc1ccc(N2CCOCC2)cc1. The number of benzene rings is 3. The van der Waals surface area contributed by atoms with E-state index >= 15 is 0 Å². The number of amides is 1. The van der Waals surface area contributed by atoms with Gasteiger partial charge >= 0.3 is 0 Å². The van der Waals surface area contributed by atoms with Crippen molar-refractivity contribution in [2.45, 2.75) is 13.0 Å². The van der Waals surface area contributed by atoms with E-state index in [4.69, 9.17) is 9.47 Å². The molecule has 160 valence electrons. The minimum atomic E-state index is -0.445. The Hall–Kier alpha value is -3.51. The van der Waals surface area contributed by atoms with Gasteiger partial charge in [0.15, 0.2) is 5.75 Å². The number of morpholine rings is 1. The van der Waals surface area contributed by atoms with Crippen LogP contribution in [0.15, 0.2) is 78.9 Å². The Kier molecular flexibility index (Phi) is 6.69. The highest BCUT2D eigenvalue weighted by atomic mass is 16.5. The Bertz CT molecular complexity index is 986. The van der Waals surface area contributed by atoms with Crippen LogP contribution in [0, 0.1) is 0 Å². The molecule has 1 fully saturated rings. The third kappa shape index (κ3) is 5.55. The lowest BCUT2D eigenvalue weighted by Gasteiger charge is -2.29. The summed E-state index contributed by atoms with van der Waals surface area (Å²) in [6.45, 7) is 5.10. The number of ether oxygens (including phenoxy) is 2. The molecule has 31 heavy (non-hydrogen) atoms. The van der Waals surface area contributed by atoms with Crippen LogP contribution < -0.4 is 20.3 Å². The molecule has 1 atom stereocenters. The summed E-state index contributed by atoms with van der Waals surface area (Å²) in [5.74, 6) is 1.30. The molecule has 6 nitrogen and oxygen atoms in total. The van der Waals surface area contributed by atoms with Crippen LogP contribution in [0.3, 0.4) is 0 Å². The molecule has 2 N–H and O–H groups in total. The number of hydrogen-bond acceptors (Lipinski definition) is 5. The Balaban J connectivity index is 1.37. The zero-order valence-electron chi connectivity index (χ0n) is 17.6. The van der Waals surface area contributed by atoms with Crippen LogP contribution in [0.5, 0.6) is 11.5 Å². The summed E-state index contributed by atoms with van der Waals surface area (Å²) in [5.41, 5.74) is 2.67. The first-order chi connectivity index (χ1) is 15.2. The van der Waals surface area contributed by atoms with Crippen molar-refractivity contribution in [1.29, 1.82) is 0 Å². The summed E-state index contributed by atoms with van der Waals surface area (Å²) in [4.78, 5) is 15.0. The third-order valence-corrected chi connectivity index (χ3v) is 5.13. The van der Waals surface area contributed by atoms with Gasteiger partial charge < -0.3 is 25.0 Å².